The van der Waals surface area contributed by atoms with Gasteiger partial charge in [0.2, 0.25) is 0 Å². The normalized spacial score (nSPS) is 16.0. The summed E-state index contributed by atoms with van der Waals surface area (Å²) in [6.07, 6.45) is 0.417. The lowest BCUT2D eigenvalue weighted by atomic mass is 9.99. The minimum Gasteiger partial charge on any atom is -0.258 e. The van der Waals surface area contributed by atoms with Gasteiger partial charge in [-0.25, -0.2) is 27.0 Å². The molecule has 3 aromatic carbocycles. The Kier molecular flexibility index (Phi) is 5.97. The number of urea groups is 1. The second kappa shape index (κ2) is 8.85. The van der Waals surface area contributed by atoms with Gasteiger partial charge in [-0.05, 0) is 23.3 Å². The molecule has 1 aliphatic heterocycles. The molecular weight excluding hydrogens is 438 g/mol. The van der Waals surface area contributed by atoms with Crippen molar-refractivity contribution in [1.29, 1.82) is 0 Å². The lowest BCUT2D eigenvalue weighted by Gasteiger charge is -2.22. The molecule has 3 aromatic rings. The number of nitrogens with zero attached hydrogens (tertiary/aromatic N) is 2. The van der Waals surface area contributed by atoms with Crippen LogP contribution in [0.3, 0.4) is 0 Å². The zero-order valence-electron chi connectivity index (χ0n) is 16.6. The Morgan fingerprint density at radius 1 is 0.969 bits per heavy atom. The molecule has 0 spiro atoms. The molecule has 1 atom stereocenters. The molecule has 0 bridgehead atoms. The van der Waals surface area contributed by atoms with Gasteiger partial charge in [0, 0.05) is 12.5 Å². The zero-order chi connectivity index (χ0) is 22.7. The Morgan fingerprint density at radius 2 is 1.62 bits per heavy atom. The zero-order valence-corrected chi connectivity index (χ0v) is 17.4. The van der Waals surface area contributed by atoms with Crippen LogP contribution in [0.4, 0.5) is 13.6 Å². The highest BCUT2D eigenvalue weighted by molar-refractivity contribution is 7.89. The first-order chi connectivity index (χ1) is 15.3. The molecule has 10 heteroatoms. The summed E-state index contributed by atoms with van der Waals surface area (Å²) in [5.41, 5.74) is 4.35. The lowest BCUT2D eigenvalue weighted by Crippen LogP contribution is -2.47. The van der Waals surface area contributed by atoms with Gasteiger partial charge in [-0.15, -0.1) is 4.83 Å². The molecule has 1 aliphatic rings. The van der Waals surface area contributed by atoms with Crippen LogP contribution < -0.4 is 10.3 Å². The van der Waals surface area contributed by atoms with Crippen LogP contribution in [0.5, 0.6) is 0 Å². The Morgan fingerprint density at radius 3 is 2.28 bits per heavy atom. The van der Waals surface area contributed by atoms with Gasteiger partial charge >= 0.3 is 6.03 Å². The lowest BCUT2D eigenvalue weighted by molar-refractivity contribution is 0.184. The molecule has 0 saturated carbocycles. The molecule has 2 amide bonds. The van der Waals surface area contributed by atoms with Crippen molar-refractivity contribution >= 4 is 21.8 Å². The summed E-state index contributed by atoms with van der Waals surface area (Å²) in [7, 11) is -4.48. The Labute approximate surface area is 183 Å². The maximum atomic E-state index is 13.9. The van der Waals surface area contributed by atoms with E-state index >= 15 is 0 Å². The largest absolute Gasteiger partial charge is 0.353 e. The second-order valence-corrected chi connectivity index (χ2v) is 8.65. The number of hydrazone groups is 1. The van der Waals surface area contributed by atoms with E-state index in [0.717, 1.165) is 28.3 Å². The molecule has 0 radical (unpaired) electrons. The van der Waals surface area contributed by atoms with Crippen molar-refractivity contribution < 1.29 is 22.0 Å². The minimum atomic E-state index is -4.48. The predicted molar refractivity (Wildman–Crippen MR) is 114 cm³/mol. The third-order valence-corrected chi connectivity index (χ3v) is 6.17. The van der Waals surface area contributed by atoms with Crippen LogP contribution in [0.1, 0.15) is 23.6 Å². The first-order valence-corrected chi connectivity index (χ1v) is 11.1. The van der Waals surface area contributed by atoms with Crippen molar-refractivity contribution in [3.8, 4) is 0 Å². The minimum absolute atomic E-state index is 0.417. The van der Waals surface area contributed by atoms with Crippen LogP contribution in [0.25, 0.3) is 0 Å². The molecule has 7 nitrogen and oxygen atoms in total. The number of benzene rings is 3. The molecule has 32 heavy (non-hydrogen) atoms. The van der Waals surface area contributed by atoms with Crippen LogP contribution in [-0.2, 0) is 10.0 Å². The quantitative estimate of drug-likeness (QED) is 0.574. The molecule has 0 saturated heterocycles. The van der Waals surface area contributed by atoms with Crippen LogP contribution in [-0.4, -0.2) is 25.2 Å². The molecular formula is C22H18F2N4O3S. The molecule has 2 N–H and O–H groups in total. The van der Waals surface area contributed by atoms with Crippen LogP contribution in [0.15, 0.2) is 88.9 Å². The Balaban J connectivity index is 1.57. The smallest absolute Gasteiger partial charge is 0.258 e. The standard InChI is InChI=1S/C22H18F2N4O3S/c23-17-11-12-21(18(24)13-17)32(30,31)27-25-22(29)28-20(16-9-5-2-6-10-16)14-19(26-28)15-7-3-1-4-8-15/h1-13,20,27H,14H2,(H,25,29). The highest BCUT2D eigenvalue weighted by Crippen LogP contribution is 2.32. The number of sulfonamides is 1. The van der Waals surface area contributed by atoms with Gasteiger partial charge in [0.05, 0.1) is 11.8 Å². The number of hydrogen-bond donors (Lipinski definition) is 2. The average Bonchev–Trinajstić information content (AvgIpc) is 3.24. The maximum absolute atomic E-state index is 13.9. The van der Waals surface area contributed by atoms with Gasteiger partial charge in [0.15, 0.2) is 0 Å². The van der Waals surface area contributed by atoms with Gasteiger partial charge < -0.3 is 0 Å². The summed E-state index contributed by atoms with van der Waals surface area (Å²) < 4.78 is 51.7. The number of hydrazine groups is 1. The first kappa shape index (κ1) is 21.6. The van der Waals surface area contributed by atoms with E-state index in [1.165, 1.54) is 0 Å². The molecule has 1 unspecified atom stereocenters. The van der Waals surface area contributed by atoms with Crippen molar-refractivity contribution in [2.75, 3.05) is 0 Å². The van der Waals surface area contributed by atoms with Gasteiger partial charge in [-0.1, -0.05) is 60.7 Å². The van der Waals surface area contributed by atoms with Crippen LogP contribution in [0.2, 0.25) is 0 Å². The van der Waals surface area contributed by atoms with Crippen LogP contribution in [0, 0.1) is 11.6 Å². The fraction of sp³-hybridized carbons (Fsp3) is 0.0909. The number of carbonyl (C=O) groups excluding carboxylic acids is 1. The van der Waals surface area contributed by atoms with E-state index in [4.69, 9.17) is 0 Å². The van der Waals surface area contributed by atoms with Gasteiger partial charge in [-0.2, -0.15) is 5.10 Å². The number of nitrogens with one attached hydrogen (secondary N) is 2. The highest BCUT2D eigenvalue weighted by Gasteiger charge is 2.34. The summed E-state index contributed by atoms with van der Waals surface area (Å²) in [5.74, 6) is -2.20. The second-order valence-electron chi connectivity index (χ2n) is 7.00. The summed E-state index contributed by atoms with van der Waals surface area (Å²) in [5, 5.41) is 5.54. The number of halogens is 2. The predicted octanol–water partition coefficient (Wildman–Crippen LogP) is 3.72. The number of rotatable bonds is 5. The molecule has 0 aromatic heterocycles. The van der Waals surface area contributed by atoms with Crippen molar-refractivity contribution in [2.24, 2.45) is 5.10 Å². The monoisotopic (exact) mass is 456 g/mol. The van der Waals surface area contributed by atoms with E-state index in [1.54, 1.807) is 0 Å². The molecule has 4 rings (SSSR count). The highest BCUT2D eigenvalue weighted by atomic mass is 32.2. The van der Waals surface area contributed by atoms with Gasteiger partial charge in [0.25, 0.3) is 10.0 Å². The Hall–Kier alpha value is -3.63. The van der Waals surface area contributed by atoms with Crippen molar-refractivity contribution in [2.45, 2.75) is 17.4 Å². The van der Waals surface area contributed by atoms with Crippen molar-refractivity contribution in [1.82, 2.24) is 15.3 Å². The molecule has 164 valence electrons. The van der Waals surface area contributed by atoms with E-state index in [1.807, 2.05) is 65.5 Å². The average molecular weight is 456 g/mol. The third-order valence-electron chi connectivity index (χ3n) is 4.89. The SMILES string of the molecule is O=C(NNS(=O)(=O)c1ccc(F)cc1F)N1N=C(c2ccccc2)CC1c1ccccc1. The van der Waals surface area contributed by atoms with E-state index in [9.17, 15) is 22.0 Å². The van der Waals surface area contributed by atoms with E-state index in [2.05, 4.69) is 10.5 Å². The summed E-state index contributed by atoms with van der Waals surface area (Å²) in [6, 6.07) is 19.2. The summed E-state index contributed by atoms with van der Waals surface area (Å²) >= 11 is 0. The van der Waals surface area contributed by atoms with E-state index in [-0.39, 0.29) is 0 Å². The number of carbonyl (C=O) groups is 1. The van der Waals surface area contributed by atoms with Gasteiger partial charge in [-0.3, -0.25) is 5.43 Å². The topological polar surface area (TPSA) is 90.9 Å². The van der Waals surface area contributed by atoms with Crippen LogP contribution >= 0.6 is 0 Å². The third kappa shape index (κ3) is 4.51. The van der Waals surface area contributed by atoms with Crippen molar-refractivity contribution in [3.05, 3.63) is 102 Å². The van der Waals surface area contributed by atoms with E-state index < -0.39 is 38.6 Å². The van der Waals surface area contributed by atoms with E-state index in [0.29, 0.717) is 18.2 Å². The van der Waals surface area contributed by atoms with Crippen molar-refractivity contribution in [3.63, 3.8) is 0 Å². The maximum Gasteiger partial charge on any atom is 0.353 e. The summed E-state index contributed by atoms with van der Waals surface area (Å²) in [4.78, 5) is 13.9. The molecule has 0 fully saturated rings. The summed E-state index contributed by atoms with van der Waals surface area (Å²) in [6.45, 7) is 0. The fourth-order valence-corrected chi connectivity index (χ4v) is 4.25. The number of hydrogen-bond acceptors (Lipinski definition) is 4. The Bertz CT molecular complexity index is 1270. The molecule has 0 aliphatic carbocycles. The first-order valence-electron chi connectivity index (χ1n) is 9.59. The molecule has 1 heterocycles. The fourth-order valence-electron chi connectivity index (χ4n) is 3.35. The number of amides is 2. The van der Waals surface area contributed by atoms with Gasteiger partial charge in [0.1, 0.15) is 16.5 Å².